The molecule has 1 aliphatic heterocycles. The lowest BCUT2D eigenvalue weighted by molar-refractivity contribution is -0.156. The van der Waals surface area contributed by atoms with Crippen LogP contribution < -0.4 is 0 Å². The molecule has 0 bridgehead atoms. The molecular formula is C9H16N2O2S. The molecule has 1 rings (SSSR count). The highest BCUT2D eigenvalue weighted by Gasteiger charge is 2.27. The molecule has 0 saturated carbocycles. The van der Waals surface area contributed by atoms with Gasteiger partial charge in [-0.2, -0.15) is 0 Å². The third-order valence-corrected chi connectivity index (χ3v) is 2.16. The van der Waals surface area contributed by atoms with Gasteiger partial charge in [0.2, 0.25) is 0 Å². The molecule has 0 amide bonds. The molecule has 0 saturated heterocycles. The zero-order valence-electron chi connectivity index (χ0n) is 8.73. The fourth-order valence-corrected chi connectivity index (χ4v) is 1.30. The van der Waals surface area contributed by atoms with Crippen LogP contribution in [0.25, 0.3) is 0 Å². The molecular weight excluding hydrogens is 200 g/mol. The Hall–Kier alpha value is -0.710. The van der Waals surface area contributed by atoms with Gasteiger partial charge in [0.1, 0.15) is 5.60 Å². The monoisotopic (exact) mass is 216 g/mol. The van der Waals surface area contributed by atoms with Gasteiger partial charge in [-0.1, -0.05) is 0 Å². The highest BCUT2D eigenvalue weighted by molar-refractivity contribution is 7.81. The Bertz CT molecular complexity index is 248. The predicted octanol–water partition coefficient (Wildman–Crippen LogP) is 0.928. The molecule has 80 valence electrons. The van der Waals surface area contributed by atoms with Crippen LogP contribution in [0.2, 0.25) is 0 Å². The van der Waals surface area contributed by atoms with Crippen molar-refractivity contribution in [3.05, 3.63) is 0 Å². The molecule has 0 aromatic carbocycles. The van der Waals surface area contributed by atoms with Gasteiger partial charge in [0, 0.05) is 6.54 Å². The van der Waals surface area contributed by atoms with E-state index in [2.05, 4.69) is 17.6 Å². The number of hydrogen-bond acceptors (Lipinski definition) is 5. The normalized spacial score (nSPS) is 18.4. The highest BCUT2D eigenvalue weighted by Crippen LogP contribution is 2.13. The van der Waals surface area contributed by atoms with Gasteiger partial charge in [-0.25, -0.2) is 4.79 Å². The number of nitrogens with zero attached hydrogens (tertiary/aromatic N) is 2. The van der Waals surface area contributed by atoms with Crippen molar-refractivity contribution in [3.63, 3.8) is 0 Å². The van der Waals surface area contributed by atoms with Crippen molar-refractivity contribution in [1.29, 1.82) is 0 Å². The first-order valence-corrected chi connectivity index (χ1v) is 5.08. The molecule has 1 unspecified atom stereocenters. The fraction of sp³-hybridized carbons (Fsp3) is 0.778. The van der Waals surface area contributed by atoms with Crippen LogP contribution >= 0.6 is 12.6 Å². The largest absolute Gasteiger partial charge is 0.458 e. The number of hydrogen-bond donors (Lipinski definition) is 1. The first kappa shape index (κ1) is 11.4. The average Bonchev–Trinajstić information content (AvgIpc) is 2.51. The van der Waals surface area contributed by atoms with E-state index < -0.39 is 11.0 Å². The molecule has 14 heavy (non-hydrogen) atoms. The molecule has 1 aliphatic rings. The second-order valence-corrected chi connectivity index (χ2v) is 4.66. The van der Waals surface area contributed by atoms with Gasteiger partial charge in [-0.15, -0.1) is 12.6 Å². The van der Waals surface area contributed by atoms with Gasteiger partial charge >= 0.3 is 5.97 Å². The van der Waals surface area contributed by atoms with Crippen molar-refractivity contribution >= 4 is 24.9 Å². The zero-order valence-corrected chi connectivity index (χ0v) is 9.62. The fourth-order valence-electron chi connectivity index (χ4n) is 1.07. The summed E-state index contributed by atoms with van der Waals surface area (Å²) >= 11 is 4.19. The Labute approximate surface area is 89.7 Å². The van der Waals surface area contributed by atoms with Crippen LogP contribution in [0.15, 0.2) is 4.99 Å². The number of rotatable bonds is 2. The standard InChI is InChI=1S/C9H16N2O2S/c1-9(2,3)13-8(12)7(14)11-5-4-10-6-11/h6-7,14H,4-5H2,1-3H3. The zero-order chi connectivity index (χ0) is 10.8. The van der Waals surface area contributed by atoms with E-state index in [-0.39, 0.29) is 5.97 Å². The van der Waals surface area contributed by atoms with E-state index in [0.29, 0.717) is 0 Å². The molecule has 5 heteroatoms. The highest BCUT2D eigenvalue weighted by atomic mass is 32.1. The lowest BCUT2D eigenvalue weighted by atomic mass is 10.2. The van der Waals surface area contributed by atoms with Crippen LogP contribution in [-0.2, 0) is 9.53 Å². The number of ether oxygens (including phenoxy) is 1. The van der Waals surface area contributed by atoms with Gasteiger partial charge in [0.15, 0.2) is 5.37 Å². The van der Waals surface area contributed by atoms with Crippen molar-refractivity contribution in [2.75, 3.05) is 13.1 Å². The van der Waals surface area contributed by atoms with Crippen molar-refractivity contribution in [1.82, 2.24) is 4.90 Å². The maximum atomic E-state index is 11.5. The van der Waals surface area contributed by atoms with E-state index in [1.807, 2.05) is 20.8 Å². The first-order valence-electron chi connectivity index (χ1n) is 4.57. The van der Waals surface area contributed by atoms with E-state index in [9.17, 15) is 4.79 Å². The number of esters is 1. The minimum Gasteiger partial charge on any atom is -0.458 e. The minimum absolute atomic E-state index is 0.325. The van der Waals surface area contributed by atoms with Crippen molar-refractivity contribution in [2.45, 2.75) is 31.7 Å². The number of carbonyl (C=O) groups excluding carboxylic acids is 1. The van der Waals surface area contributed by atoms with Crippen LogP contribution in [0.3, 0.4) is 0 Å². The van der Waals surface area contributed by atoms with E-state index in [1.54, 1.807) is 11.2 Å². The van der Waals surface area contributed by atoms with E-state index in [1.165, 1.54) is 0 Å². The van der Waals surface area contributed by atoms with Crippen molar-refractivity contribution in [2.24, 2.45) is 4.99 Å². The van der Waals surface area contributed by atoms with Crippen LogP contribution in [0, 0.1) is 0 Å². The smallest absolute Gasteiger partial charge is 0.339 e. The lowest BCUT2D eigenvalue weighted by Gasteiger charge is -2.25. The number of carbonyl (C=O) groups is 1. The Kier molecular flexibility index (Phi) is 3.42. The summed E-state index contributed by atoms with van der Waals surface area (Å²) in [7, 11) is 0. The maximum Gasteiger partial charge on any atom is 0.339 e. The van der Waals surface area contributed by atoms with Crippen LogP contribution in [0.5, 0.6) is 0 Å². The number of thiol groups is 1. The van der Waals surface area contributed by atoms with Gasteiger partial charge in [0.05, 0.1) is 12.9 Å². The van der Waals surface area contributed by atoms with Crippen molar-refractivity contribution < 1.29 is 9.53 Å². The summed E-state index contributed by atoms with van der Waals surface area (Å²) in [5, 5.41) is -0.541. The Morgan fingerprint density at radius 1 is 1.64 bits per heavy atom. The first-order chi connectivity index (χ1) is 6.40. The second-order valence-electron chi connectivity index (χ2n) is 4.17. The second kappa shape index (κ2) is 4.21. The third-order valence-electron chi connectivity index (χ3n) is 1.65. The molecule has 0 spiro atoms. The molecule has 1 atom stereocenters. The summed E-state index contributed by atoms with van der Waals surface area (Å²) in [6.45, 7) is 6.96. The molecule has 0 aliphatic carbocycles. The topological polar surface area (TPSA) is 41.9 Å². The average molecular weight is 216 g/mol. The Morgan fingerprint density at radius 3 is 2.71 bits per heavy atom. The minimum atomic E-state index is -0.541. The van der Waals surface area contributed by atoms with Crippen LogP contribution in [-0.4, -0.2) is 41.3 Å². The summed E-state index contributed by atoms with van der Waals surface area (Å²) in [4.78, 5) is 17.3. The lowest BCUT2D eigenvalue weighted by Crippen LogP contribution is -2.39. The van der Waals surface area contributed by atoms with E-state index >= 15 is 0 Å². The SMILES string of the molecule is CC(C)(C)OC(=O)C(S)N1C=NCC1. The Balaban J connectivity index is 2.48. The molecule has 0 radical (unpaired) electrons. The Morgan fingerprint density at radius 2 is 2.29 bits per heavy atom. The van der Waals surface area contributed by atoms with Gasteiger partial charge < -0.3 is 9.64 Å². The molecule has 0 aromatic heterocycles. The third kappa shape index (κ3) is 3.21. The quantitative estimate of drug-likeness (QED) is 0.551. The molecule has 0 N–H and O–H groups in total. The summed E-state index contributed by atoms with van der Waals surface area (Å²) in [5.74, 6) is -0.325. The molecule has 0 aromatic rings. The summed E-state index contributed by atoms with van der Waals surface area (Å²) in [6, 6.07) is 0. The van der Waals surface area contributed by atoms with Crippen LogP contribution in [0.1, 0.15) is 20.8 Å². The molecule has 1 heterocycles. The number of aliphatic imine (C=N–C) groups is 1. The van der Waals surface area contributed by atoms with Gasteiger partial charge in [-0.3, -0.25) is 4.99 Å². The predicted molar refractivity (Wildman–Crippen MR) is 58.7 cm³/mol. The summed E-state index contributed by atoms with van der Waals surface area (Å²) in [6.07, 6.45) is 1.64. The molecule has 4 nitrogen and oxygen atoms in total. The maximum absolute atomic E-state index is 11.5. The van der Waals surface area contributed by atoms with E-state index in [0.717, 1.165) is 13.1 Å². The summed E-state index contributed by atoms with van der Waals surface area (Å²) in [5.41, 5.74) is -0.463. The molecule has 0 fully saturated rings. The summed E-state index contributed by atoms with van der Waals surface area (Å²) < 4.78 is 5.19. The van der Waals surface area contributed by atoms with E-state index in [4.69, 9.17) is 4.74 Å². The van der Waals surface area contributed by atoms with Crippen molar-refractivity contribution in [3.8, 4) is 0 Å². The van der Waals surface area contributed by atoms with Crippen LogP contribution in [0.4, 0.5) is 0 Å². The van der Waals surface area contributed by atoms with Gasteiger partial charge in [0.25, 0.3) is 0 Å². The van der Waals surface area contributed by atoms with Gasteiger partial charge in [-0.05, 0) is 20.8 Å².